The molecule has 0 unspecified atom stereocenters. The summed E-state index contributed by atoms with van der Waals surface area (Å²) in [7, 11) is 0. The van der Waals surface area contributed by atoms with Crippen LogP contribution in [0.4, 0.5) is 0 Å². The number of hydrogen-bond donors (Lipinski definition) is 3. The number of carbonyl (C=O) groups excluding carboxylic acids is 1. The van der Waals surface area contributed by atoms with Gasteiger partial charge in [-0.3, -0.25) is 4.79 Å². The van der Waals surface area contributed by atoms with Gasteiger partial charge in [0.15, 0.2) is 0 Å². The zero-order valence-electron chi connectivity index (χ0n) is 12.3. The second-order valence-corrected chi connectivity index (χ2v) is 6.47. The Morgan fingerprint density at radius 1 is 1.15 bits per heavy atom. The van der Waals surface area contributed by atoms with Crippen LogP contribution < -0.4 is 11.1 Å². The van der Waals surface area contributed by atoms with Crippen LogP contribution in [0.3, 0.4) is 0 Å². The Hall–Kier alpha value is -0.320. The fourth-order valence-electron chi connectivity index (χ4n) is 3.63. The fraction of sp³-hybridized carbons (Fsp3) is 0.933. The Bertz CT molecular complexity index is 306. The van der Waals surface area contributed by atoms with E-state index in [2.05, 4.69) is 5.32 Å². The Balaban J connectivity index is 0.00000200. The molecule has 2 saturated carbocycles. The molecule has 4 nitrogen and oxygen atoms in total. The highest BCUT2D eigenvalue weighted by Gasteiger charge is 2.34. The lowest BCUT2D eigenvalue weighted by Crippen LogP contribution is -2.47. The highest BCUT2D eigenvalue weighted by molar-refractivity contribution is 5.85. The highest BCUT2D eigenvalue weighted by Crippen LogP contribution is 2.38. The van der Waals surface area contributed by atoms with Gasteiger partial charge in [0.2, 0.25) is 5.91 Å². The van der Waals surface area contributed by atoms with E-state index in [9.17, 15) is 9.90 Å². The first-order chi connectivity index (χ1) is 9.15. The van der Waals surface area contributed by atoms with Crippen LogP contribution >= 0.6 is 12.4 Å². The van der Waals surface area contributed by atoms with Gasteiger partial charge in [-0.1, -0.05) is 32.1 Å². The van der Waals surface area contributed by atoms with Crippen molar-refractivity contribution >= 4 is 18.3 Å². The van der Waals surface area contributed by atoms with Gasteiger partial charge in [-0.15, -0.1) is 12.4 Å². The van der Waals surface area contributed by atoms with Gasteiger partial charge in [-0.2, -0.15) is 0 Å². The van der Waals surface area contributed by atoms with E-state index >= 15 is 0 Å². The van der Waals surface area contributed by atoms with E-state index in [0.717, 1.165) is 38.5 Å². The molecular formula is C15H29ClN2O2. The van der Waals surface area contributed by atoms with E-state index in [4.69, 9.17) is 5.73 Å². The van der Waals surface area contributed by atoms with Crippen LogP contribution in [0.5, 0.6) is 0 Å². The number of nitrogens with one attached hydrogen (secondary N) is 1. The number of rotatable bonds is 4. The van der Waals surface area contributed by atoms with Crippen molar-refractivity contribution in [2.45, 2.75) is 76.4 Å². The third-order valence-corrected chi connectivity index (χ3v) is 4.96. The quantitative estimate of drug-likeness (QED) is 0.745. The van der Waals surface area contributed by atoms with E-state index in [1.807, 2.05) is 0 Å². The van der Waals surface area contributed by atoms with Crippen molar-refractivity contribution in [1.82, 2.24) is 5.32 Å². The predicted molar refractivity (Wildman–Crippen MR) is 82.8 cm³/mol. The lowest BCUT2D eigenvalue weighted by molar-refractivity contribution is -0.125. The minimum atomic E-state index is -0.363. The molecule has 5 heteroatoms. The summed E-state index contributed by atoms with van der Waals surface area (Å²) in [5.74, 6) is 0.0818. The van der Waals surface area contributed by atoms with Crippen molar-refractivity contribution in [1.29, 1.82) is 0 Å². The molecule has 0 aliphatic heterocycles. The summed E-state index contributed by atoms with van der Waals surface area (Å²) >= 11 is 0. The maximum Gasteiger partial charge on any atom is 0.220 e. The molecule has 20 heavy (non-hydrogen) atoms. The molecule has 0 aromatic heterocycles. The summed E-state index contributed by atoms with van der Waals surface area (Å²) in [4.78, 5) is 12.2. The molecule has 1 amide bonds. The SMILES string of the molecule is Cl.NCC1(CC(=O)N[C@@H]2CCCC[C@H]2O)CCCCC1. The maximum absolute atomic E-state index is 12.2. The second kappa shape index (κ2) is 8.20. The van der Waals surface area contributed by atoms with Crippen molar-refractivity contribution in [3.8, 4) is 0 Å². The zero-order valence-corrected chi connectivity index (χ0v) is 13.1. The van der Waals surface area contributed by atoms with Gasteiger partial charge in [0.05, 0.1) is 12.1 Å². The van der Waals surface area contributed by atoms with E-state index in [-0.39, 0.29) is 35.9 Å². The molecular weight excluding hydrogens is 276 g/mol. The third kappa shape index (κ3) is 4.61. The summed E-state index contributed by atoms with van der Waals surface area (Å²) in [6.07, 6.45) is 9.86. The van der Waals surface area contributed by atoms with Gasteiger partial charge in [0.1, 0.15) is 0 Å². The van der Waals surface area contributed by atoms with E-state index in [0.29, 0.717) is 13.0 Å². The average molecular weight is 305 g/mol. The molecule has 0 spiro atoms. The van der Waals surface area contributed by atoms with Gasteiger partial charge in [-0.05, 0) is 37.6 Å². The largest absolute Gasteiger partial charge is 0.391 e. The van der Waals surface area contributed by atoms with Crippen LogP contribution in [0, 0.1) is 5.41 Å². The number of aliphatic hydroxyl groups is 1. The normalized spacial score (nSPS) is 29.3. The third-order valence-electron chi connectivity index (χ3n) is 4.96. The highest BCUT2D eigenvalue weighted by atomic mass is 35.5. The van der Waals surface area contributed by atoms with Gasteiger partial charge in [0.25, 0.3) is 0 Å². The van der Waals surface area contributed by atoms with Crippen LogP contribution in [-0.2, 0) is 4.79 Å². The molecule has 0 aromatic carbocycles. The Labute approximate surface area is 128 Å². The number of carbonyl (C=O) groups is 1. The standard InChI is InChI=1S/C15H28N2O2.ClH/c16-11-15(8-4-1-5-9-15)10-14(19)17-12-6-2-3-7-13(12)18;/h12-13,18H,1-11,16H2,(H,17,19);1H/t12-,13-;/m1./s1. The molecule has 0 aromatic rings. The van der Waals surface area contributed by atoms with E-state index < -0.39 is 0 Å². The average Bonchev–Trinajstić information content (AvgIpc) is 2.42. The molecule has 0 saturated heterocycles. The number of halogens is 1. The van der Waals surface area contributed by atoms with E-state index in [1.165, 1.54) is 19.3 Å². The molecule has 118 valence electrons. The number of nitrogens with two attached hydrogens (primary N) is 1. The minimum absolute atomic E-state index is 0. The van der Waals surface area contributed by atoms with Crippen LogP contribution in [0.15, 0.2) is 0 Å². The van der Waals surface area contributed by atoms with Crippen molar-refractivity contribution in [2.75, 3.05) is 6.54 Å². The molecule has 0 bridgehead atoms. The first-order valence-corrected chi connectivity index (χ1v) is 7.83. The molecule has 2 fully saturated rings. The Kier molecular flexibility index (Phi) is 7.27. The predicted octanol–water partition coefficient (Wildman–Crippen LogP) is 2.13. The van der Waals surface area contributed by atoms with Gasteiger partial charge < -0.3 is 16.2 Å². The van der Waals surface area contributed by atoms with E-state index in [1.54, 1.807) is 0 Å². The summed E-state index contributed by atoms with van der Waals surface area (Å²) in [6.45, 7) is 0.605. The summed E-state index contributed by atoms with van der Waals surface area (Å²) in [5.41, 5.74) is 5.93. The van der Waals surface area contributed by atoms with Crippen molar-refractivity contribution in [3.63, 3.8) is 0 Å². The molecule has 0 radical (unpaired) electrons. The summed E-state index contributed by atoms with van der Waals surface area (Å²) < 4.78 is 0. The zero-order chi connectivity index (χ0) is 13.7. The molecule has 0 heterocycles. The van der Waals surface area contributed by atoms with Crippen molar-refractivity contribution < 1.29 is 9.90 Å². The molecule has 4 N–H and O–H groups in total. The van der Waals surface area contributed by atoms with Gasteiger partial charge in [0, 0.05) is 6.42 Å². The minimum Gasteiger partial charge on any atom is -0.391 e. The first kappa shape index (κ1) is 17.7. The number of aliphatic hydroxyl groups excluding tert-OH is 1. The molecule has 2 aliphatic rings. The monoisotopic (exact) mass is 304 g/mol. The smallest absolute Gasteiger partial charge is 0.220 e. The van der Waals surface area contributed by atoms with Crippen molar-refractivity contribution in [3.05, 3.63) is 0 Å². The topological polar surface area (TPSA) is 75.4 Å². The number of hydrogen-bond acceptors (Lipinski definition) is 3. The first-order valence-electron chi connectivity index (χ1n) is 7.83. The van der Waals surface area contributed by atoms with Gasteiger partial charge in [-0.25, -0.2) is 0 Å². The number of amides is 1. The van der Waals surface area contributed by atoms with Crippen LogP contribution in [0.25, 0.3) is 0 Å². The van der Waals surface area contributed by atoms with Crippen LogP contribution in [-0.4, -0.2) is 29.7 Å². The van der Waals surface area contributed by atoms with Crippen LogP contribution in [0.2, 0.25) is 0 Å². The fourth-order valence-corrected chi connectivity index (χ4v) is 3.63. The second-order valence-electron chi connectivity index (χ2n) is 6.47. The summed E-state index contributed by atoms with van der Waals surface area (Å²) in [6, 6.07) is -0.0420. The molecule has 2 atom stereocenters. The van der Waals surface area contributed by atoms with Crippen molar-refractivity contribution in [2.24, 2.45) is 11.1 Å². The maximum atomic E-state index is 12.2. The Morgan fingerprint density at radius 3 is 2.40 bits per heavy atom. The molecule has 2 aliphatic carbocycles. The Morgan fingerprint density at radius 2 is 1.80 bits per heavy atom. The summed E-state index contributed by atoms with van der Waals surface area (Å²) in [5, 5.41) is 12.9. The van der Waals surface area contributed by atoms with Gasteiger partial charge >= 0.3 is 0 Å². The van der Waals surface area contributed by atoms with Crippen LogP contribution in [0.1, 0.15) is 64.2 Å². The lowest BCUT2D eigenvalue weighted by Gasteiger charge is -2.36. The lowest BCUT2D eigenvalue weighted by atomic mass is 9.71. The molecule has 2 rings (SSSR count).